The fraction of sp³-hybridized carbons (Fsp3) is 0.833. The van der Waals surface area contributed by atoms with Crippen molar-refractivity contribution < 1.29 is 0 Å². The van der Waals surface area contributed by atoms with Crippen molar-refractivity contribution in [1.82, 2.24) is 0 Å². The topological polar surface area (TPSA) is 0 Å². The molecule has 0 radical (unpaired) electrons. The van der Waals surface area contributed by atoms with Gasteiger partial charge in [0.25, 0.3) is 0 Å². The van der Waals surface area contributed by atoms with Gasteiger partial charge in [-0.25, -0.2) is 0 Å². The van der Waals surface area contributed by atoms with Gasteiger partial charge in [-0.1, -0.05) is 208 Å². The van der Waals surface area contributed by atoms with Crippen LogP contribution in [0.1, 0.15) is 195 Å². The van der Waals surface area contributed by atoms with Crippen molar-refractivity contribution >= 4 is 0 Å². The summed E-state index contributed by atoms with van der Waals surface area (Å²) in [5.41, 5.74) is 2.89. The monoisotopic (exact) mass is 505 g/mol. The molecule has 0 fully saturated rings. The molecular weight excluding hydrogens is 432 g/mol. The zero-order valence-corrected chi connectivity index (χ0v) is 26.9. The number of hydrogen-bond acceptors (Lipinski definition) is 0. The van der Waals surface area contributed by atoms with Gasteiger partial charge in [-0.2, -0.15) is 0 Å². The third-order valence-electron chi connectivity index (χ3n) is 6.72. The predicted molar refractivity (Wildman–Crippen MR) is 172 cm³/mol. The largest absolute Gasteiger partial charge is 0.0654 e. The van der Waals surface area contributed by atoms with Crippen LogP contribution >= 0.6 is 0 Å². The van der Waals surface area contributed by atoms with E-state index in [1.54, 1.807) is 0 Å². The molecule has 1 rings (SSSR count). The Morgan fingerprint density at radius 1 is 0.333 bits per heavy atom. The molecule has 0 N–H and O–H groups in total. The van der Waals surface area contributed by atoms with Crippen LogP contribution in [0.5, 0.6) is 0 Å². The Labute approximate surface area is 231 Å². The van der Waals surface area contributed by atoms with Crippen molar-refractivity contribution in [3.05, 3.63) is 35.4 Å². The zero-order valence-electron chi connectivity index (χ0n) is 26.9. The molecule has 0 heterocycles. The van der Waals surface area contributed by atoms with Gasteiger partial charge in [0, 0.05) is 0 Å². The lowest BCUT2D eigenvalue weighted by Gasteiger charge is -2.01. The Morgan fingerprint density at radius 2 is 0.583 bits per heavy atom. The number of rotatable bonds is 19. The van der Waals surface area contributed by atoms with E-state index in [0.717, 1.165) is 12.8 Å². The lowest BCUT2D eigenvalue weighted by Crippen LogP contribution is -1.83. The molecule has 216 valence electrons. The van der Waals surface area contributed by atoms with Crippen LogP contribution in [0.2, 0.25) is 0 Å². The molecule has 0 aliphatic carbocycles. The van der Waals surface area contributed by atoms with Crippen LogP contribution in [0.15, 0.2) is 24.3 Å². The molecule has 0 unspecified atom stereocenters. The maximum atomic E-state index is 2.29. The highest BCUT2D eigenvalue weighted by Gasteiger charge is 1.92. The Hall–Kier alpha value is -0.780. The lowest BCUT2D eigenvalue weighted by molar-refractivity contribution is 0.548. The summed E-state index contributed by atoms with van der Waals surface area (Å²) < 4.78 is 0. The van der Waals surface area contributed by atoms with Crippen LogP contribution in [0.4, 0.5) is 0 Å². The first-order valence-corrected chi connectivity index (χ1v) is 16.7. The molecule has 0 saturated heterocycles. The van der Waals surface area contributed by atoms with Crippen LogP contribution < -0.4 is 0 Å². The van der Waals surface area contributed by atoms with Gasteiger partial charge in [0.2, 0.25) is 0 Å². The number of unbranched alkanes of at least 4 members (excludes halogenated alkanes) is 17. The summed E-state index contributed by atoms with van der Waals surface area (Å²) in [5, 5.41) is 0. The Balaban J connectivity index is -0.000000435. The van der Waals surface area contributed by atoms with Crippen molar-refractivity contribution in [1.29, 1.82) is 0 Å². The van der Waals surface area contributed by atoms with Gasteiger partial charge in [-0.3, -0.25) is 0 Å². The van der Waals surface area contributed by atoms with Crippen LogP contribution in [0, 0.1) is 0 Å². The van der Waals surface area contributed by atoms with Crippen molar-refractivity contribution in [3.63, 3.8) is 0 Å². The second-order valence-corrected chi connectivity index (χ2v) is 10.5. The normalized spacial score (nSPS) is 9.89. The summed E-state index contributed by atoms with van der Waals surface area (Å²) >= 11 is 0. The fourth-order valence-corrected chi connectivity index (χ4v) is 3.84. The molecule has 0 bridgehead atoms. The summed E-state index contributed by atoms with van der Waals surface area (Å²) in [6.07, 6.45) is 30.8. The quantitative estimate of drug-likeness (QED) is 0.164. The van der Waals surface area contributed by atoms with Gasteiger partial charge in [-0.15, -0.1) is 0 Å². The molecule has 0 aromatic heterocycles. The fourth-order valence-electron chi connectivity index (χ4n) is 3.84. The predicted octanol–water partition coefficient (Wildman–Crippen LogP) is 13.7. The highest BCUT2D eigenvalue weighted by Crippen LogP contribution is 2.11. The van der Waals surface area contributed by atoms with Gasteiger partial charge in [0.05, 0.1) is 0 Å². The average molecular weight is 505 g/mol. The van der Waals surface area contributed by atoms with Gasteiger partial charge in [-0.05, 0) is 24.0 Å². The molecule has 0 nitrogen and oxygen atoms in total. The smallest absolute Gasteiger partial charge is 0.0307 e. The van der Waals surface area contributed by atoms with E-state index in [0.29, 0.717) is 0 Å². The molecular formula is C36H72. The number of hydrogen-bond donors (Lipinski definition) is 0. The standard InChI is InChI=1S/C14H30.C10H14.C8H18.C4H10/c1-3-5-7-9-11-13-14-12-10-8-6-4-2;1-3-9-6-5-7-10(4-2)8-9;1-3-5-7-8-6-4-2;1-3-4-2/h3-14H2,1-2H3;5-8H,3-4H2,1-2H3;3-8H2,1-2H3;3-4H2,1-2H3. The summed E-state index contributed by atoms with van der Waals surface area (Å²) in [4.78, 5) is 0. The molecule has 0 aliphatic rings. The minimum absolute atomic E-state index is 1.15. The summed E-state index contributed by atoms with van der Waals surface area (Å²) in [5.74, 6) is 0. The van der Waals surface area contributed by atoms with E-state index in [1.165, 1.54) is 140 Å². The van der Waals surface area contributed by atoms with E-state index in [1.807, 2.05) is 0 Å². The first-order chi connectivity index (χ1) is 17.6. The number of benzene rings is 1. The first-order valence-electron chi connectivity index (χ1n) is 16.7. The van der Waals surface area contributed by atoms with Crippen LogP contribution in [-0.2, 0) is 12.8 Å². The Morgan fingerprint density at radius 3 is 0.778 bits per heavy atom. The van der Waals surface area contributed by atoms with Gasteiger partial charge < -0.3 is 0 Å². The van der Waals surface area contributed by atoms with E-state index >= 15 is 0 Å². The third kappa shape index (κ3) is 37.8. The highest BCUT2D eigenvalue weighted by atomic mass is 14.0. The van der Waals surface area contributed by atoms with Crippen molar-refractivity contribution in [3.8, 4) is 0 Å². The minimum atomic E-state index is 1.15. The van der Waals surface area contributed by atoms with Crippen LogP contribution in [0.25, 0.3) is 0 Å². The van der Waals surface area contributed by atoms with Gasteiger partial charge in [0.1, 0.15) is 0 Å². The maximum Gasteiger partial charge on any atom is -0.0307 e. The summed E-state index contributed by atoms with van der Waals surface area (Å²) in [7, 11) is 0. The van der Waals surface area contributed by atoms with Crippen molar-refractivity contribution in [2.24, 2.45) is 0 Å². The average Bonchev–Trinajstić information content (AvgIpc) is 2.93. The Bertz CT molecular complexity index is 422. The van der Waals surface area contributed by atoms with Crippen molar-refractivity contribution in [2.45, 2.75) is 197 Å². The molecule has 1 aromatic rings. The third-order valence-corrected chi connectivity index (χ3v) is 6.72. The van der Waals surface area contributed by atoms with Crippen LogP contribution in [0.3, 0.4) is 0 Å². The zero-order chi connectivity index (χ0) is 27.5. The van der Waals surface area contributed by atoms with Crippen molar-refractivity contribution in [2.75, 3.05) is 0 Å². The second kappa shape index (κ2) is 38.7. The molecule has 1 aromatic carbocycles. The summed E-state index contributed by atoms with van der Waals surface area (Å²) in [6, 6.07) is 8.77. The van der Waals surface area contributed by atoms with E-state index in [9.17, 15) is 0 Å². The highest BCUT2D eigenvalue weighted by molar-refractivity contribution is 5.23. The molecule has 0 atom stereocenters. The summed E-state index contributed by atoms with van der Waals surface area (Å²) in [6.45, 7) is 17.8. The molecule has 0 saturated carbocycles. The Kier molecular flexibility index (Phi) is 42.8. The van der Waals surface area contributed by atoms with E-state index < -0.39 is 0 Å². The molecule has 36 heavy (non-hydrogen) atoms. The maximum absolute atomic E-state index is 2.29. The second-order valence-electron chi connectivity index (χ2n) is 10.5. The number of aryl methyl sites for hydroxylation is 2. The SMILES string of the molecule is CCCC.CCCCCCCC.CCCCCCCCCCCCCC.CCc1cccc(CC)c1. The lowest BCUT2D eigenvalue weighted by atomic mass is 10.1. The van der Waals surface area contributed by atoms with E-state index in [2.05, 4.69) is 79.7 Å². The first kappa shape index (κ1) is 39.7. The molecule has 0 amide bonds. The molecule has 0 spiro atoms. The molecule has 0 aliphatic heterocycles. The molecule has 0 heteroatoms. The van der Waals surface area contributed by atoms with Crippen LogP contribution in [-0.4, -0.2) is 0 Å². The van der Waals surface area contributed by atoms with E-state index in [4.69, 9.17) is 0 Å². The van der Waals surface area contributed by atoms with Gasteiger partial charge in [0.15, 0.2) is 0 Å². The van der Waals surface area contributed by atoms with Gasteiger partial charge >= 0.3 is 0 Å². The minimum Gasteiger partial charge on any atom is -0.0654 e. The van der Waals surface area contributed by atoms with E-state index in [-0.39, 0.29) is 0 Å².